The summed E-state index contributed by atoms with van der Waals surface area (Å²) in [4.78, 5) is 1.08. The van der Waals surface area contributed by atoms with Gasteiger partial charge in [0, 0.05) is 4.90 Å². The van der Waals surface area contributed by atoms with Gasteiger partial charge in [-0.1, -0.05) is 6.08 Å². The molecule has 0 aromatic heterocycles. The van der Waals surface area contributed by atoms with Crippen molar-refractivity contribution in [2.24, 2.45) is 0 Å². The third-order valence-electron chi connectivity index (χ3n) is 2.62. The van der Waals surface area contributed by atoms with Crippen LogP contribution in [0.3, 0.4) is 0 Å². The summed E-state index contributed by atoms with van der Waals surface area (Å²) in [6, 6.07) is 2.13. The molecule has 0 saturated heterocycles. The Kier molecular flexibility index (Phi) is 3.21. The van der Waals surface area contributed by atoms with E-state index in [9.17, 15) is 0 Å². The molecule has 13 heavy (non-hydrogen) atoms. The summed E-state index contributed by atoms with van der Waals surface area (Å²) < 4.78 is 0. The lowest BCUT2D eigenvalue weighted by molar-refractivity contribution is 1.09. The van der Waals surface area contributed by atoms with E-state index in [1.807, 2.05) is 6.08 Å². The predicted molar refractivity (Wildman–Crippen MR) is 61.8 cm³/mol. The van der Waals surface area contributed by atoms with Crippen molar-refractivity contribution in [3.05, 3.63) is 41.0 Å². The van der Waals surface area contributed by atoms with Gasteiger partial charge < -0.3 is 0 Å². The maximum absolute atomic E-state index is 4.47. The van der Waals surface area contributed by atoms with Crippen molar-refractivity contribution in [2.75, 3.05) is 0 Å². The third-order valence-corrected chi connectivity index (χ3v) is 3.02. The fourth-order valence-electron chi connectivity index (χ4n) is 1.52. The number of benzene rings is 1. The summed E-state index contributed by atoms with van der Waals surface area (Å²) in [5.74, 6) is 0. The van der Waals surface area contributed by atoms with E-state index in [0.29, 0.717) is 0 Å². The molecule has 0 fully saturated rings. The Morgan fingerprint density at radius 3 is 2.46 bits per heavy atom. The van der Waals surface area contributed by atoms with E-state index in [1.54, 1.807) is 0 Å². The maximum Gasteiger partial charge on any atom is 0.00806 e. The van der Waals surface area contributed by atoms with Gasteiger partial charge in [-0.05, 0) is 55.5 Å². The smallest absolute Gasteiger partial charge is 0.00806 e. The van der Waals surface area contributed by atoms with Crippen LogP contribution < -0.4 is 0 Å². The molecule has 1 aromatic rings. The van der Waals surface area contributed by atoms with Gasteiger partial charge in [0.25, 0.3) is 0 Å². The molecule has 0 aliphatic carbocycles. The second-order valence-electron chi connectivity index (χ2n) is 3.43. The van der Waals surface area contributed by atoms with E-state index in [4.69, 9.17) is 0 Å². The first kappa shape index (κ1) is 10.4. The standard InChI is InChI=1S/C12H16S/c1-5-6-11-10(4)9(3)8(2)7-12(11)13/h5,7,13H,1,6H2,2-4H3. The average Bonchev–Trinajstić information content (AvgIpc) is 2.09. The molecule has 0 unspecified atom stereocenters. The summed E-state index contributed by atoms with van der Waals surface area (Å²) >= 11 is 4.47. The van der Waals surface area contributed by atoms with Crippen LogP contribution in [0.1, 0.15) is 22.3 Å². The van der Waals surface area contributed by atoms with Crippen LogP contribution in [-0.4, -0.2) is 0 Å². The summed E-state index contributed by atoms with van der Waals surface area (Å²) in [7, 11) is 0. The Labute approximate surface area is 86.1 Å². The number of thiol groups is 1. The Morgan fingerprint density at radius 1 is 1.31 bits per heavy atom. The van der Waals surface area contributed by atoms with Crippen LogP contribution in [-0.2, 0) is 6.42 Å². The highest BCUT2D eigenvalue weighted by Gasteiger charge is 2.06. The zero-order chi connectivity index (χ0) is 10.0. The lowest BCUT2D eigenvalue weighted by Crippen LogP contribution is -1.95. The monoisotopic (exact) mass is 192 g/mol. The molecular weight excluding hydrogens is 176 g/mol. The topological polar surface area (TPSA) is 0 Å². The number of aryl methyl sites for hydroxylation is 1. The van der Waals surface area contributed by atoms with Crippen LogP contribution in [0.25, 0.3) is 0 Å². The molecule has 0 aliphatic rings. The molecule has 0 spiro atoms. The second kappa shape index (κ2) is 4.01. The molecule has 0 nitrogen and oxygen atoms in total. The molecular formula is C12H16S. The van der Waals surface area contributed by atoms with Gasteiger partial charge in [-0.15, -0.1) is 19.2 Å². The number of hydrogen-bond acceptors (Lipinski definition) is 1. The van der Waals surface area contributed by atoms with E-state index in [-0.39, 0.29) is 0 Å². The molecule has 1 heteroatoms. The van der Waals surface area contributed by atoms with Crippen molar-refractivity contribution >= 4 is 12.6 Å². The maximum atomic E-state index is 4.47. The SMILES string of the molecule is C=CCc1c(S)cc(C)c(C)c1C. The van der Waals surface area contributed by atoms with E-state index in [1.165, 1.54) is 22.3 Å². The molecule has 0 heterocycles. The molecule has 0 N–H and O–H groups in total. The zero-order valence-corrected chi connectivity index (χ0v) is 9.41. The molecule has 0 atom stereocenters. The Hall–Kier alpha value is -0.690. The Balaban J connectivity index is 3.34. The van der Waals surface area contributed by atoms with E-state index in [0.717, 1.165) is 11.3 Å². The Morgan fingerprint density at radius 2 is 1.92 bits per heavy atom. The minimum Gasteiger partial charge on any atom is -0.143 e. The summed E-state index contributed by atoms with van der Waals surface area (Å²) in [6.45, 7) is 10.2. The molecule has 0 radical (unpaired) electrons. The minimum absolute atomic E-state index is 0.909. The summed E-state index contributed by atoms with van der Waals surface area (Å²) in [5, 5.41) is 0. The van der Waals surface area contributed by atoms with Crippen LogP contribution in [0.2, 0.25) is 0 Å². The Bertz CT molecular complexity index is 337. The first-order valence-corrected chi connectivity index (χ1v) is 4.92. The lowest BCUT2D eigenvalue weighted by Gasteiger charge is -2.12. The molecule has 0 aliphatic heterocycles. The highest BCUT2D eigenvalue weighted by atomic mass is 32.1. The second-order valence-corrected chi connectivity index (χ2v) is 3.92. The fourth-order valence-corrected chi connectivity index (χ4v) is 1.97. The fraction of sp³-hybridized carbons (Fsp3) is 0.333. The van der Waals surface area contributed by atoms with Gasteiger partial charge in [0.15, 0.2) is 0 Å². The predicted octanol–water partition coefficient (Wildman–Crippen LogP) is 3.63. The highest BCUT2D eigenvalue weighted by molar-refractivity contribution is 7.80. The van der Waals surface area contributed by atoms with E-state index < -0.39 is 0 Å². The van der Waals surface area contributed by atoms with Crippen LogP contribution in [0.15, 0.2) is 23.6 Å². The van der Waals surface area contributed by atoms with Crippen LogP contribution in [0.5, 0.6) is 0 Å². The molecule has 0 saturated carbocycles. The van der Waals surface area contributed by atoms with Gasteiger partial charge in [0.1, 0.15) is 0 Å². The van der Waals surface area contributed by atoms with E-state index in [2.05, 4.69) is 46.0 Å². The number of hydrogen-bond donors (Lipinski definition) is 1. The average molecular weight is 192 g/mol. The van der Waals surface area contributed by atoms with Crippen molar-refractivity contribution in [3.63, 3.8) is 0 Å². The van der Waals surface area contributed by atoms with Crippen molar-refractivity contribution in [1.82, 2.24) is 0 Å². The van der Waals surface area contributed by atoms with Crippen LogP contribution in [0, 0.1) is 20.8 Å². The quantitative estimate of drug-likeness (QED) is 0.537. The number of rotatable bonds is 2. The van der Waals surface area contributed by atoms with Gasteiger partial charge in [-0.25, -0.2) is 0 Å². The highest BCUT2D eigenvalue weighted by Crippen LogP contribution is 2.25. The van der Waals surface area contributed by atoms with Gasteiger partial charge in [0.2, 0.25) is 0 Å². The normalized spacial score (nSPS) is 10.2. The number of allylic oxidation sites excluding steroid dienone is 1. The molecule has 1 aromatic carbocycles. The van der Waals surface area contributed by atoms with Gasteiger partial charge in [-0.3, -0.25) is 0 Å². The largest absolute Gasteiger partial charge is 0.143 e. The van der Waals surface area contributed by atoms with Crippen molar-refractivity contribution < 1.29 is 0 Å². The first-order valence-electron chi connectivity index (χ1n) is 4.47. The van der Waals surface area contributed by atoms with Gasteiger partial charge >= 0.3 is 0 Å². The van der Waals surface area contributed by atoms with Gasteiger partial charge in [0.05, 0.1) is 0 Å². The molecule has 0 bridgehead atoms. The minimum atomic E-state index is 0.909. The van der Waals surface area contributed by atoms with Gasteiger partial charge in [-0.2, -0.15) is 0 Å². The van der Waals surface area contributed by atoms with Crippen LogP contribution >= 0.6 is 12.6 Å². The zero-order valence-electron chi connectivity index (χ0n) is 8.52. The van der Waals surface area contributed by atoms with Crippen molar-refractivity contribution in [2.45, 2.75) is 32.1 Å². The van der Waals surface area contributed by atoms with E-state index >= 15 is 0 Å². The lowest BCUT2D eigenvalue weighted by atomic mass is 9.97. The van der Waals surface area contributed by atoms with Crippen molar-refractivity contribution in [1.29, 1.82) is 0 Å². The van der Waals surface area contributed by atoms with Crippen LogP contribution in [0.4, 0.5) is 0 Å². The third kappa shape index (κ3) is 1.97. The van der Waals surface area contributed by atoms with Crippen molar-refractivity contribution in [3.8, 4) is 0 Å². The molecule has 1 rings (SSSR count). The summed E-state index contributed by atoms with van der Waals surface area (Å²) in [5.41, 5.74) is 5.34. The molecule has 0 amide bonds. The first-order chi connectivity index (χ1) is 6.07. The molecule has 70 valence electrons. The summed E-state index contributed by atoms with van der Waals surface area (Å²) in [6.07, 6.45) is 2.84.